The molecule has 2 aliphatic heterocycles. The van der Waals surface area contributed by atoms with E-state index in [1.54, 1.807) is 83.1 Å². The van der Waals surface area contributed by atoms with Gasteiger partial charge in [-0.15, -0.1) is 5.10 Å². The lowest BCUT2D eigenvalue weighted by molar-refractivity contribution is -0.294. The molecule has 20 nitrogen and oxygen atoms in total. The second-order valence-corrected chi connectivity index (χ2v) is 24.3. The molecule has 2 fully saturated rings. The molecule has 2 amide bonds. The standard InChI is InChI=1S/C58H84N4O16/c1-35(2)44-40(31-37-21-22-39(32-41(37)73-38-24-29-69-30-25-38)70-28-18-26-62(27-23-43(59)63)54(68)72-33-36-19-16-15-17-20-36)48(61-60-44)78-49-47(77-53(67)58(12,13)14)46(76-52(66)57(9,10)11)45(75-51(65)56(6,7)8)42(74-49)34-71-50(64)55(3,4)5/h15-17,19-22,32,35,38,42,45-47,49H,18,23-31,33-34H2,1-14H3,(H2,59,63)(H,60,61)/t42-,45-,46+,47-,49+/m1/s1. The normalized spacial score (nSPS) is 19.3. The van der Waals surface area contributed by atoms with Crippen LogP contribution in [-0.4, -0.2) is 127 Å². The maximum absolute atomic E-state index is 14.0. The zero-order valence-electron chi connectivity index (χ0n) is 48.1. The SMILES string of the molecule is CC(C)c1[nH]nc(O[C@@H]2O[C@H](COC(=O)C(C)(C)C)[C@@H](OC(=O)C(C)(C)C)[C@H](OC(=O)C(C)(C)C)[C@H]2OC(=O)C(C)(C)C)c1Cc1ccc(OCCCN(CCC(N)=O)C(=O)OCc2ccccc2)cc1OC1CCOCC1. The van der Waals surface area contributed by atoms with Crippen LogP contribution in [-0.2, 0) is 70.2 Å². The Morgan fingerprint density at radius 2 is 1.32 bits per heavy atom. The molecule has 78 heavy (non-hydrogen) atoms. The molecule has 0 bridgehead atoms. The summed E-state index contributed by atoms with van der Waals surface area (Å²) in [5, 5.41) is 7.78. The number of esters is 4. The first-order valence-corrected chi connectivity index (χ1v) is 26.9. The summed E-state index contributed by atoms with van der Waals surface area (Å²) in [6.45, 7) is 25.1. The van der Waals surface area contributed by atoms with Crippen LogP contribution in [0.4, 0.5) is 4.79 Å². The highest BCUT2D eigenvalue weighted by molar-refractivity contribution is 5.78. The van der Waals surface area contributed by atoms with Crippen molar-refractivity contribution in [2.45, 2.75) is 178 Å². The summed E-state index contributed by atoms with van der Waals surface area (Å²) in [6.07, 6.45) is -6.39. The second-order valence-electron chi connectivity index (χ2n) is 24.3. The monoisotopic (exact) mass is 1090 g/mol. The van der Waals surface area contributed by atoms with Crippen LogP contribution in [0.1, 0.15) is 151 Å². The van der Waals surface area contributed by atoms with Gasteiger partial charge in [0.2, 0.25) is 24.2 Å². The molecule has 20 heteroatoms. The van der Waals surface area contributed by atoms with E-state index in [4.69, 9.17) is 53.1 Å². The Balaban J connectivity index is 1.51. The number of H-pyrrole nitrogens is 1. The topological polar surface area (TPSA) is 253 Å². The molecule has 0 aliphatic carbocycles. The molecule has 2 saturated heterocycles. The fraction of sp³-hybridized carbons (Fsp3) is 0.638. The summed E-state index contributed by atoms with van der Waals surface area (Å²) in [7, 11) is 0. The van der Waals surface area contributed by atoms with Gasteiger partial charge in [0, 0.05) is 56.1 Å². The lowest BCUT2D eigenvalue weighted by Crippen LogP contribution is -2.65. The number of aromatic nitrogens is 2. The smallest absolute Gasteiger partial charge is 0.410 e. The zero-order chi connectivity index (χ0) is 57.8. The average molecular weight is 1090 g/mol. The van der Waals surface area contributed by atoms with Gasteiger partial charge in [0.05, 0.1) is 41.5 Å². The molecular formula is C58H84N4O16. The Labute approximate surface area is 459 Å². The van der Waals surface area contributed by atoms with E-state index in [1.165, 1.54) is 4.90 Å². The molecule has 0 spiro atoms. The molecule has 3 aromatic rings. The molecule has 5 rings (SSSR count). The number of nitrogens with two attached hydrogens (primary N) is 1. The summed E-state index contributed by atoms with van der Waals surface area (Å²) in [5.74, 6) is -2.27. The maximum Gasteiger partial charge on any atom is 0.410 e. The minimum Gasteiger partial charge on any atom is -0.493 e. The number of carbonyl (C=O) groups excluding carboxylic acids is 6. The van der Waals surface area contributed by atoms with E-state index in [9.17, 15) is 28.8 Å². The number of rotatable bonds is 22. The van der Waals surface area contributed by atoms with Crippen LogP contribution in [0.5, 0.6) is 17.4 Å². The van der Waals surface area contributed by atoms with Crippen LogP contribution in [0, 0.1) is 21.7 Å². The molecule has 2 aliphatic rings. The third-order valence-electron chi connectivity index (χ3n) is 12.6. The number of nitrogens with zero attached hydrogens (tertiary/aromatic N) is 2. The zero-order valence-corrected chi connectivity index (χ0v) is 48.1. The molecule has 3 heterocycles. The quantitative estimate of drug-likeness (QED) is 0.0543. The van der Waals surface area contributed by atoms with Crippen molar-refractivity contribution in [3.63, 3.8) is 0 Å². The molecule has 0 saturated carbocycles. The third-order valence-corrected chi connectivity index (χ3v) is 12.6. The van der Waals surface area contributed by atoms with Crippen molar-refractivity contribution in [3.05, 3.63) is 70.9 Å². The number of hydrogen-bond donors (Lipinski definition) is 2. The Morgan fingerprint density at radius 3 is 1.90 bits per heavy atom. The molecule has 1 aromatic heterocycles. The number of primary amides is 1. The molecule has 432 valence electrons. The van der Waals surface area contributed by atoms with Crippen LogP contribution in [0.25, 0.3) is 0 Å². The van der Waals surface area contributed by atoms with Crippen LogP contribution in [0.2, 0.25) is 0 Å². The lowest BCUT2D eigenvalue weighted by atomic mass is 9.93. The summed E-state index contributed by atoms with van der Waals surface area (Å²) in [6, 6.07) is 14.8. The van der Waals surface area contributed by atoms with Gasteiger partial charge in [-0.25, -0.2) is 4.79 Å². The lowest BCUT2D eigenvalue weighted by Gasteiger charge is -2.45. The molecule has 0 radical (unpaired) electrons. The van der Waals surface area contributed by atoms with E-state index in [2.05, 4.69) is 10.2 Å². The average Bonchev–Trinajstić information content (AvgIpc) is 3.75. The van der Waals surface area contributed by atoms with Crippen molar-refractivity contribution < 1.29 is 76.1 Å². The first-order valence-electron chi connectivity index (χ1n) is 26.9. The maximum atomic E-state index is 14.0. The Morgan fingerprint density at radius 1 is 0.731 bits per heavy atom. The predicted octanol–water partition coefficient (Wildman–Crippen LogP) is 8.53. The van der Waals surface area contributed by atoms with Gasteiger partial charge < -0.3 is 58.0 Å². The van der Waals surface area contributed by atoms with Gasteiger partial charge in [-0.05, 0) is 113 Å². The van der Waals surface area contributed by atoms with Gasteiger partial charge in [0.15, 0.2) is 12.2 Å². The molecule has 0 unspecified atom stereocenters. The van der Waals surface area contributed by atoms with Crippen LogP contribution < -0.4 is 19.9 Å². The highest BCUT2D eigenvalue weighted by Crippen LogP contribution is 2.39. The fourth-order valence-corrected chi connectivity index (χ4v) is 7.84. The van der Waals surface area contributed by atoms with Gasteiger partial charge in [-0.1, -0.05) is 50.2 Å². The van der Waals surface area contributed by atoms with Crippen LogP contribution in [0.15, 0.2) is 48.5 Å². The first-order chi connectivity index (χ1) is 36.4. The van der Waals surface area contributed by atoms with E-state index in [0.29, 0.717) is 55.2 Å². The summed E-state index contributed by atoms with van der Waals surface area (Å²) >= 11 is 0. The minimum atomic E-state index is -1.59. The van der Waals surface area contributed by atoms with E-state index in [-0.39, 0.29) is 57.0 Å². The van der Waals surface area contributed by atoms with Crippen molar-refractivity contribution >= 4 is 35.9 Å². The molecular weight excluding hydrogens is 1010 g/mol. The number of nitrogens with one attached hydrogen (secondary N) is 1. The van der Waals surface area contributed by atoms with Gasteiger partial charge in [-0.2, -0.15) is 0 Å². The highest BCUT2D eigenvalue weighted by atomic mass is 16.7. The Bertz CT molecular complexity index is 2490. The predicted molar refractivity (Wildman–Crippen MR) is 286 cm³/mol. The van der Waals surface area contributed by atoms with E-state index in [0.717, 1.165) is 11.1 Å². The van der Waals surface area contributed by atoms with E-state index >= 15 is 0 Å². The highest BCUT2D eigenvalue weighted by Gasteiger charge is 2.56. The summed E-state index contributed by atoms with van der Waals surface area (Å²) in [4.78, 5) is 81.4. The molecule has 5 atom stereocenters. The Kier molecular flexibility index (Phi) is 21.6. The van der Waals surface area contributed by atoms with Gasteiger partial charge >= 0.3 is 30.0 Å². The van der Waals surface area contributed by atoms with Crippen molar-refractivity contribution in [1.29, 1.82) is 0 Å². The van der Waals surface area contributed by atoms with E-state index < -0.39 is 94.9 Å². The molecule has 2 aromatic carbocycles. The Hall–Kier alpha value is -6.41. The van der Waals surface area contributed by atoms with Crippen molar-refractivity contribution in [3.8, 4) is 17.4 Å². The number of carbonyl (C=O) groups is 6. The number of aromatic amines is 1. The van der Waals surface area contributed by atoms with Crippen molar-refractivity contribution in [2.75, 3.05) is 39.5 Å². The van der Waals surface area contributed by atoms with Crippen molar-refractivity contribution in [1.82, 2.24) is 15.1 Å². The number of ether oxygens (including phenoxy) is 10. The summed E-state index contributed by atoms with van der Waals surface area (Å²) < 4.78 is 62.0. The second kappa shape index (κ2) is 27.0. The third kappa shape index (κ3) is 18.3. The fourth-order valence-electron chi connectivity index (χ4n) is 7.84. The van der Waals surface area contributed by atoms with Crippen LogP contribution in [0.3, 0.4) is 0 Å². The molecule has 3 N–H and O–H groups in total. The number of hydrogen-bond acceptors (Lipinski definition) is 17. The van der Waals surface area contributed by atoms with Gasteiger partial charge in [-0.3, -0.25) is 29.1 Å². The van der Waals surface area contributed by atoms with Gasteiger partial charge in [0.1, 0.15) is 36.9 Å². The summed E-state index contributed by atoms with van der Waals surface area (Å²) in [5.41, 5.74) is 4.14. The minimum absolute atomic E-state index is 0.0333. The van der Waals surface area contributed by atoms with Crippen LogP contribution >= 0.6 is 0 Å². The van der Waals surface area contributed by atoms with Crippen molar-refractivity contribution in [2.24, 2.45) is 27.4 Å². The first kappa shape index (κ1) is 62.4. The van der Waals surface area contributed by atoms with E-state index in [1.807, 2.05) is 62.4 Å². The largest absolute Gasteiger partial charge is 0.493 e. The van der Waals surface area contributed by atoms with Gasteiger partial charge in [0.25, 0.3) is 0 Å². The number of benzene rings is 2. The number of amides is 2.